The molecule has 1 aromatic carbocycles. The number of benzene rings is 1. The van der Waals surface area contributed by atoms with E-state index in [2.05, 4.69) is 15.8 Å². The zero-order valence-corrected chi connectivity index (χ0v) is 12.9. The van der Waals surface area contributed by atoms with E-state index in [1.807, 2.05) is 20.8 Å². The molecule has 2 rings (SSSR count). The van der Waals surface area contributed by atoms with Crippen molar-refractivity contribution in [1.29, 1.82) is 0 Å². The largest absolute Gasteiger partial charge is 0.359 e. The van der Waals surface area contributed by atoms with Crippen molar-refractivity contribution in [3.05, 3.63) is 47.5 Å². The van der Waals surface area contributed by atoms with E-state index < -0.39 is 6.03 Å². The van der Waals surface area contributed by atoms with E-state index in [4.69, 9.17) is 4.52 Å². The van der Waals surface area contributed by atoms with Crippen LogP contribution >= 0.6 is 0 Å². The molecule has 2 aromatic rings. The fourth-order valence-corrected chi connectivity index (χ4v) is 1.86. The molecule has 5 nitrogen and oxygen atoms in total. The van der Waals surface area contributed by atoms with Crippen LogP contribution in [0.3, 0.4) is 0 Å². The van der Waals surface area contributed by atoms with Crippen molar-refractivity contribution >= 4 is 11.8 Å². The summed E-state index contributed by atoms with van der Waals surface area (Å²) in [6.45, 7) is 6.31. The Morgan fingerprint density at radius 2 is 2.05 bits per heavy atom. The SMILES string of the molecule is CC(C)(C)c1cc(NC(=O)NCCc2ccccc2F)no1. The lowest BCUT2D eigenvalue weighted by Gasteiger charge is -2.12. The second kappa shape index (κ2) is 6.60. The van der Waals surface area contributed by atoms with E-state index in [0.29, 0.717) is 30.1 Å². The van der Waals surface area contributed by atoms with Crippen LogP contribution in [0.4, 0.5) is 15.0 Å². The molecule has 0 aliphatic rings. The summed E-state index contributed by atoms with van der Waals surface area (Å²) in [5.74, 6) is 0.776. The van der Waals surface area contributed by atoms with E-state index in [1.165, 1.54) is 6.07 Å². The third-order valence-corrected chi connectivity index (χ3v) is 3.13. The molecular weight excluding hydrogens is 285 g/mol. The molecule has 1 aromatic heterocycles. The fraction of sp³-hybridized carbons (Fsp3) is 0.375. The number of amides is 2. The Morgan fingerprint density at radius 3 is 2.68 bits per heavy atom. The van der Waals surface area contributed by atoms with Crippen molar-refractivity contribution in [2.45, 2.75) is 32.6 Å². The van der Waals surface area contributed by atoms with E-state index in [9.17, 15) is 9.18 Å². The highest BCUT2D eigenvalue weighted by molar-refractivity contribution is 5.88. The molecular formula is C16H20FN3O2. The molecule has 6 heteroatoms. The van der Waals surface area contributed by atoms with Gasteiger partial charge in [0.1, 0.15) is 11.6 Å². The number of halogens is 1. The Balaban J connectivity index is 1.81. The number of hydrogen-bond acceptors (Lipinski definition) is 3. The van der Waals surface area contributed by atoms with Gasteiger partial charge in [-0.25, -0.2) is 9.18 Å². The summed E-state index contributed by atoms with van der Waals surface area (Å²) < 4.78 is 18.6. The molecule has 2 amide bonds. The van der Waals surface area contributed by atoms with Crippen LogP contribution in [0.1, 0.15) is 32.1 Å². The van der Waals surface area contributed by atoms with Crippen LogP contribution in [0.2, 0.25) is 0 Å². The van der Waals surface area contributed by atoms with Crippen molar-refractivity contribution in [1.82, 2.24) is 10.5 Å². The molecule has 2 N–H and O–H groups in total. The van der Waals surface area contributed by atoms with E-state index in [0.717, 1.165) is 0 Å². The summed E-state index contributed by atoms with van der Waals surface area (Å²) in [6, 6.07) is 7.79. The molecule has 0 saturated carbocycles. The van der Waals surface area contributed by atoms with Crippen LogP contribution in [0.5, 0.6) is 0 Å². The number of urea groups is 1. The van der Waals surface area contributed by atoms with Crippen LogP contribution in [-0.4, -0.2) is 17.7 Å². The summed E-state index contributed by atoms with van der Waals surface area (Å²) in [6.07, 6.45) is 0.423. The lowest BCUT2D eigenvalue weighted by atomic mass is 9.93. The average molecular weight is 305 g/mol. The summed E-state index contributed by atoms with van der Waals surface area (Å²) in [5.41, 5.74) is 0.396. The molecule has 0 atom stereocenters. The van der Waals surface area contributed by atoms with Gasteiger partial charge in [-0.05, 0) is 18.1 Å². The number of carbonyl (C=O) groups is 1. The van der Waals surface area contributed by atoms with E-state index in [-0.39, 0.29) is 11.2 Å². The van der Waals surface area contributed by atoms with Gasteiger partial charge in [0.05, 0.1) is 0 Å². The Bertz CT molecular complexity index is 647. The van der Waals surface area contributed by atoms with Crippen molar-refractivity contribution in [2.75, 3.05) is 11.9 Å². The molecule has 1 heterocycles. The summed E-state index contributed by atoms with van der Waals surface area (Å²) in [4.78, 5) is 11.7. The number of nitrogens with one attached hydrogen (secondary N) is 2. The van der Waals surface area contributed by atoms with Crippen molar-refractivity contribution in [2.24, 2.45) is 0 Å². The third kappa shape index (κ3) is 4.31. The first-order valence-corrected chi connectivity index (χ1v) is 7.12. The fourth-order valence-electron chi connectivity index (χ4n) is 1.86. The van der Waals surface area contributed by atoms with Crippen LogP contribution < -0.4 is 10.6 Å². The third-order valence-electron chi connectivity index (χ3n) is 3.13. The lowest BCUT2D eigenvalue weighted by Crippen LogP contribution is -2.30. The Labute approximate surface area is 128 Å². The minimum atomic E-state index is -0.398. The predicted octanol–water partition coefficient (Wildman–Crippen LogP) is 3.48. The highest BCUT2D eigenvalue weighted by Crippen LogP contribution is 2.24. The second-order valence-electron chi connectivity index (χ2n) is 6.05. The zero-order valence-electron chi connectivity index (χ0n) is 12.9. The maximum absolute atomic E-state index is 13.4. The van der Waals surface area contributed by atoms with Gasteiger partial charge in [0.15, 0.2) is 5.82 Å². The highest BCUT2D eigenvalue weighted by atomic mass is 19.1. The monoisotopic (exact) mass is 305 g/mol. The van der Waals surface area contributed by atoms with Gasteiger partial charge in [-0.2, -0.15) is 0 Å². The van der Waals surface area contributed by atoms with E-state index in [1.54, 1.807) is 24.3 Å². The molecule has 0 bridgehead atoms. The molecule has 0 aliphatic carbocycles. The predicted molar refractivity (Wildman–Crippen MR) is 82.3 cm³/mol. The van der Waals surface area contributed by atoms with Gasteiger partial charge >= 0.3 is 6.03 Å². The van der Waals surface area contributed by atoms with Gasteiger partial charge < -0.3 is 9.84 Å². The van der Waals surface area contributed by atoms with Gasteiger partial charge in [-0.3, -0.25) is 5.32 Å². The molecule has 118 valence electrons. The number of carbonyl (C=O) groups excluding carboxylic acids is 1. The minimum absolute atomic E-state index is 0.172. The summed E-state index contributed by atoms with van der Waals surface area (Å²) in [7, 11) is 0. The smallest absolute Gasteiger partial charge is 0.320 e. The van der Waals surface area contributed by atoms with Crippen LogP contribution in [0.25, 0.3) is 0 Å². The molecule has 0 radical (unpaired) electrons. The topological polar surface area (TPSA) is 67.2 Å². The van der Waals surface area contributed by atoms with Gasteiger partial charge in [0.2, 0.25) is 0 Å². The van der Waals surface area contributed by atoms with Crippen molar-refractivity contribution < 1.29 is 13.7 Å². The Kier molecular flexibility index (Phi) is 4.80. The lowest BCUT2D eigenvalue weighted by molar-refractivity contribution is 0.252. The molecule has 0 saturated heterocycles. The van der Waals surface area contributed by atoms with Gasteiger partial charge in [-0.15, -0.1) is 0 Å². The molecule has 0 aliphatic heterocycles. The normalized spacial score (nSPS) is 11.3. The molecule has 0 unspecified atom stereocenters. The molecule has 22 heavy (non-hydrogen) atoms. The maximum atomic E-state index is 13.4. The molecule has 0 spiro atoms. The first-order valence-electron chi connectivity index (χ1n) is 7.12. The van der Waals surface area contributed by atoms with Crippen molar-refractivity contribution in [3.63, 3.8) is 0 Å². The number of aromatic nitrogens is 1. The number of rotatable bonds is 4. The van der Waals surface area contributed by atoms with Gasteiger partial charge in [0.25, 0.3) is 0 Å². The zero-order chi connectivity index (χ0) is 16.2. The van der Waals surface area contributed by atoms with Crippen LogP contribution in [-0.2, 0) is 11.8 Å². The first-order chi connectivity index (χ1) is 10.4. The summed E-state index contributed by atoms with van der Waals surface area (Å²) >= 11 is 0. The average Bonchev–Trinajstić information content (AvgIpc) is 2.89. The highest BCUT2D eigenvalue weighted by Gasteiger charge is 2.20. The maximum Gasteiger partial charge on any atom is 0.320 e. The van der Waals surface area contributed by atoms with E-state index >= 15 is 0 Å². The Hall–Kier alpha value is -2.37. The van der Waals surface area contributed by atoms with Crippen molar-refractivity contribution in [3.8, 4) is 0 Å². The van der Waals surface area contributed by atoms with Gasteiger partial charge in [-0.1, -0.05) is 44.1 Å². The van der Waals surface area contributed by atoms with Crippen LogP contribution in [0.15, 0.2) is 34.9 Å². The summed E-state index contributed by atoms with van der Waals surface area (Å²) in [5, 5.41) is 9.04. The Morgan fingerprint density at radius 1 is 1.32 bits per heavy atom. The molecule has 0 fully saturated rings. The quantitative estimate of drug-likeness (QED) is 0.909. The van der Waals surface area contributed by atoms with Gasteiger partial charge in [0, 0.05) is 18.0 Å². The standard InChI is InChI=1S/C16H20FN3O2/c1-16(2,3)13-10-14(20-22-13)19-15(21)18-9-8-11-6-4-5-7-12(11)17/h4-7,10H,8-9H2,1-3H3,(H2,18,19,20,21). The number of nitrogens with zero attached hydrogens (tertiary/aromatic N) is 1. The number of hydrogen-bond donors (Lipinski definition) is 2. The second-order valence-corrected chi connectivity index (χ2v) is 6.05. The van der Waals surface area contributed by atoms with Crippen LogP contribution in [0, 0.1) is 5.82 Å². The minimum Gasteiger partial charge on any atom is -0.359 e. The number of anilines is 1. The first kappa shape index (κ1) is 16.0.